The summed E-state index contributed by atoms with van der Waals surface area (Å²) in [7, 11) is 2.12. The second-order valence-corrected chi connectivity index (χ2v) is 5.31. The van der Waals surface area contributed by atoms with Crippen LogP contribution in [0.2, 0.25) is 5.54 Å². The van der Waals surface area contributed by atoms with E-state index in [-0.39, 0.29) is 5.54 Å². The lowest BCUT2D eigenvalue weighted by molar-refractivity contribution is 0.121. The molecule has 0 aliphatic carbocycles. The van der Waals surface area contributed by atoms with E-state index in [4.69, 9.17) is 13.3 Å². The maximum absolute atomic E-state index is 5.23. The molecule has 0 heterocycles. The molecule has 0 aromatic rings. The normalized spacial score (nSPS) is 11.7. The maximum Gasteiger partial charge on any atom is 0.511 e. The van der Waals surface area contributed by atoms with Crippen LogP contribution in [0.3, 0.4) is 0 Å². The van der Waals surface area contributed by atoms with Gasteiger partial charge in [-0.25, -0.2) is 0 Å². The van der Waals surface area contributed by atoms with Crippen LogP contribution in [0.15, 0.2) is 25.3 Å². The third-order valence-electron chi connectivity index (χ3n) is 1.77. The summed E-state index contributed by atoms with van der Waals surface area (Å²) >= 11 is 0. The predicted octanol–water partition coefficient (Wildman–Crippen LogP) is 1.61. The smallest absolute Gasteiger partial charge is 0.376 e. The Morgan fingerprint density at radius 1 is 1.00 bits per heavy atom. The Labute approximate surface area is 75.0 Å². The van der Waals surface area contributed by atoms with Crippen molar-refractivity contribution in [2.24, 2.45) is 0 Å². The summed E-state index contributed by atoms with van der Waals surface area (Å²) in [6.45, 7) is 7.33. The van der Waals surface area contributed by atoms with Gasteiger partial charge in [-0.05, 0) is 0 Å². The Hall–Kier alpha value is -0.423. The molecule has 0 atom stereocenters. The molecule has 0 aromatic heterocycles. The second-order valence-electron chi connectivity index (χ2n) is 2.21. The number of rotatable bonds is 6. The standard InChI is InChI=1S/C8H16O3Si/c1-6-8(7-2)12(9-3,10-4)11-5/h6-8H,1-2H2,3-5H3. The van der Waals surface area contributed by atoms with Crippen molar-refractivity contribution in [3.63, 3.8) is 0 Å². The van der Waals surface area contributed by atoms with Crippen LogP contribution >= 0.6 is 0 Å². The summed E-state index contributed by atoms with van der Waals surface area (Å²) in [5.41, 5.74) is -0.0579. The lowest BCUT2D eigenvalue weighted by Crippen LogP contribution is -2.46. The van der Waals surface area contributed by atoms with Crippen molar-refractivity contribution in [2.45, 2.75) is 5.54 Å². The summed E-state index contributed by atoms with van der Waals surface area (Å²) < 4.78 is 15.7. The molecule has 0 N–H and O–H groups in total. The van der Waals surface area contributed by atoms with E-state index in [2.05, 4.69) is 13.2 Å². The van der Waals surface area contributed by atoms with Crippen LogP contribution in [-0.4, -0.2) is 30.1 Å². The van der Waals surface area contributed by atoms with Gasteiger partial charge in [0, 0.05) is 21.3 Å². The summed E-state index contributed by atoms with van der Waals surface area (Å²) in [6, 6.07) is 0. The van der Waals surface area contributed by atoms with Gasteiger partial charge in [0.1, 0.15) is 0 Å². The predicted molar refractivity (Wildman–Crippen MR) is 50.9 cm³/mol. The zero-order valence-corrected chi connectivity index (χ0v) is 8.87. The first-order chi connectivity index (χ1) is 5.70. The fraction of sp³-hybridized carbons (Fsp3) is 0.500. The fourth-order valence-corrected chi connectivity index (χ4v) is 2.94. The number of allylic oxidation sites excluding steroid dienone is 2. The molecule has 0 rings (SSSR count). The van der Waals surface area contributed by atoms with Crippen LogP contribution in [0.5, 0.6) is 0 Å². The van der Waals surface area contributed by atoms with Gasteiger partial charge >= 0.3 is 8.80 Å². The minimum Gasteiger partial charge on any atom is -0.376 e. The Balaban J connectivity index is 4.64. The van der Waals surface area contributed by atoms with Crippen molar-refractivity contribution in [2.75, 3.05) is 21.3 Å². The molecule has 0 radical (unpaired) electrons. The number of hydrogen-bond donors (Lipinski definition) is 0. The maximum atomic E-state index is 5.23. The summed E-state index contributed by atoms with van der Waals surface area (Å²) in [5.74, 6) is 0. The van der Waals surface area contributed by atoms with Gasteiger partial charge in [0.2, 0.25) is 0 Å². The number of hydrogen-bond acceptors (Lipinski definition) is 3. The van der Waals surface area contributed by atoms with E-state index >= 15 is 0 Å². The Kier molecular flexibility index (Phi) is 5.08. The highest BCUT2D eigenvalue weighted by Crippen LogP contribution is 2.25. The van der Waals surface area contributed by atoms with Crippen LogP contribution in [0.1, 0.15) is 0 Å². The molecule has 0 aliphatic heterocycles. The van der Waals surface area contributed by atoms with Gasteiger partial charge in [-0.15, -0.1) is 13.2 Å². The first-order valence-electron chi connectivity index (χ1n) is 3.61. The second kappa shape index (κ2) is 5.26. The molecule has 0 aromatic carbocycles. The summed E-state index contributed by atoms with van der Waals surface area (Å²) in [5, 5.41) is 0. The third-order valence-corrected chi connectivity index (χ3v) is 4.76. The summed E-state index contributed by atoms with van der Waals surface area (Å²) in [4.78, 5) is 0. The first kappa shape index (κ1) is 11.6. The highest BCUT2D eigenvalue weighted by molar-refractivity contribution is 6.63. The molecule has 0 aliphatic rings. The average Bonchev–Trinajstić information content (AvgIpc) is 2.14. The van der Waals surface area contributed by atoms with Crippen LogP contribution < -0.4 is 0 Å². The highest BCUT2D eigenvalue weighted by Gasteiger charge is 2.44. The lowest BCUT2D eigenvalue weighted by Gasteiger charge is -2.28. The minimum absolute atomic E-state index is 0.0579. The highest BCUT2D eigenvalue weighted by atomic mass is 28.4. The van der Waals surface area contributed by atoms with Gasteiger partial charge in [-0.1, -0.05) is 12.2 Å². The lowest BCUT2D eigenvalue weighted by atomic mass is 10.4. The molecule has 0 saturated heterocycles. The molecule has 0 unspecified atom stereocenters. The van der Waals surface area contributed by atoms with E-state index in [1.54, 1.807) is 33.5 Å². The molecule has 0 saturated carbocycles. The molecule has 12 heavy (non-hydrogen) atoms. The molecule has 0 bridgehead atoms. The largest absolute Gasteiger partial charge is 0.511 e. The van der Waals surface area contributed by atoms with Gasteiger partial charge in [0.15, 0.2) is 0 Å². The zero-order valence-electron chi connectivity index (χ0n) is 7.87. The Bertz CT molecular complexity index is 138. The molecule has 0 fully saturated rings. The van der Waals surface area contributed by atoms with Crippen molar-refractivity contribution < 1.29 is 13.3 Å². The summed E-state index contributed by atoms with van der Waals surface area (Å²) in [6.07, 6.45) is 3.44. The van der Waals surface area contributed by atoms with Crippen molar-refractivity contribution in [1.29, 1.82) is 0 Å². The van der Waals surface area contributed by atoms with Crippen molar-refractivity contribution in [3.8, 4) is 0 Å². The SMILES string of the molecule is C=CC(C=C)[Si](OC)(OC)OC. The van der Waals surface area contributed by atoms with E-state index in [1.807, 2.05) is 0 Å². The monoisotopic (exact) mass is 188 g/mol. The van der Waals surface area contributed by atoms with Crippen molar-refractivity contribution in [3.05, 3.63) is 25.3 Å². The molecular weight excluding hydrogens is 172 g/mol. The van der Waals surface area contributed by atoms with Crippen LogP contribution in [0, 0.1) is 0 Å². The minimum atomic E-state index is -2.58. The first-order valence-corrected chi connectivity index (χ1v) is 5.41. The van der Waals surface area contributed by atoms with Crippen LogP contribution in [-0.2, 0) is 13.3 Å². The van der Waals surface area contributed by atoms with E-state index in [0.717, 1.165) is 0 Å². The molecule has 0 amide bonds. The molecule has 70 valence electrons. The fourth-order valence-electron chi connectivity index (χ4n) is 1.04. The van der Waals surface area contributed by atoms with E-state index < -0.39 is 8.80 Å². The van der Waals surface area contributed by atoms with Crippen molar-refractivity contribution >= 4 is 8.80 Å². The average molecular weight is 188 g/mol. The van der Waals surface area contributed by atoms with Gasteiger partial charge in [0.25, 0.3) is 0 Å². The van der Waals surface area contributed by atoms with Crippen LogP contribution in [0.4, 0.5) is 0 Å². The quantitative estimate of drug-likeness (QED) is 0.468. The van der Waals surface area contributed by atoms with E-state index in [9.17, 15) is 0 Å². The third kappa shape index (κ3) is 2.04. The Morgan fingerprint density at radius 3 is 1.42 bits per heavy atom. The van der Waals surface area contributed by atoms with Gasteiger partial charge in [-0.3, -0.25) is 0 Å². The van der Waals surface area contributed by atoms with Gasteiger partial charge in [0.05, 0.1) is 5.54 Å². The molecule has 3 nitrogen and oxygen atoms in total. The van der Waals surface area contributed by atoms with Gasteiger partial charge in [-0.2, -0.15) is 0 Å². The zero-order chi connectivity index (χ0) is 9.61. The molecule has 4 heteroatoms. The van der Waals surface area contributed by atoms with E-state index in [0.29, 0.717) is 0 Å². The Morgan fingerprint density at radius 2 is 1.33 bits per heavy atom. The molecule has 0 spiro atoms. The molecular formula is C8H16O3Si. The van der Waals surface area contributed by atoms with Gasteiger partial charge < -0.3 is 13.3 Å². The van der Waals surface area contributed by atoms with Crippen LogP contribution in [0.25, 0.3) is 0 Å². The van der Waals surface area contributed by atoms with Crippen molar-refractivity contribution in [1.82, 2.24) is 0 Å². The van der Waals surface area contributed by atoms with E-state index in [1.165, 1.54) is 0 Å². The topological polar surface area (TPSA) is 27.7 Å².